The lowest BCUT2D eigenvalue weighted by Gasteiger charge is -2.08. The largest absolute Gasteiger partial charge is 0.373 e. The van der Waals surface area contributed by atoms with Crippen LogP contribution >= 0.6 is 0 Å². The minimum absolute atomic E-state index is 0.290. The lowest BCUT2D eigenvalue weighted by Crippen LogP contribution is -2.08. The monoisotopic (exact) mass is 223 g/mol. The Labute approximate surface area is 96.9 Å². The maximum absolute atomic E-state index is 5.59. The van der Waals surface area contributed by atoms with Crippen molar-refractivity contribution in [2.75, 3.05) is 30.0 Å². The van der Waals surface area contributed by atoms with Crippen LogP contribution in [0.15, 0.2) is 6.07 Å². The minimum atomic E-state index is 0.290. The molecule has 90 valence electrons. The fraction of sp³-hybridized carbons (Fsp3) is 0.636. The summed E-state index contributed by atoms with van der Waals surface area (Å²) in [5.74, 6) is 2.54. The Morgan fingerprint density at radius 1 is 1.31 bits per heavy atom. The van der Waals surface area contributed by atoms with Gasteiger partial charge in [0.25, 0.3) is 0 Å². The van der Waals surface area contributed by atoms with Crippen molar-refractivity contribution < 1.29 is 0 Å². The molecule has 0 unspecified atom stereocenters. The number of nitrogens with zero attached hydrogens (tertiary/aromatic N) is 2. The molecule has 5 heteroatoms. The zero-order valence-corrected chi connectivity index (χ0v) is 10.2. The number of nitrogen functional groups attached to an aromatic ring is 1. The molecule has 0 radical (unpaired) electrons. The van der Waals surface area contributed by atoms with E-state index < -0.39 is 0 Å². The standard InChI is InChI=1S/C11H21N5/c1-8(2)5-4-6-14-10-7-9(13-3)15-11(12)16-10/h7-8H,4-6H2,1-3H3,(H4,12,13,14,15,16). The number of rotatable bonds is 6. The molecule has 5 nitrogen and oxygen atoms in total. The summed E-state index contributed by atoms with van der Waals surface area (Å²) in [4.78, 5) is 8.14. The molecule has 0 aromatic carbocycles. The molecular formula is C11H21N5. The lowest BCUT2D eigenvalue weighted by molar-refractivity contribution is 0.566. The third kappa shape index (κ3) is 4.33. The van der Waals surface area contributed by atoms with Crippen LogP contribution in [-0.2, 0) is 0 Å². The fourth-order valence-electron chi connectivity index (χ4n) is 1.41. The van der Waals surface area contributed by atoms with Crippen LogP contribution in [0, 0.1) is 5.92 Å². The van der Waals surface area contributed by atoms with Gasteiger partial charge >= 0.3 is 0 Å². The van der Waals surface area contributed by atoms with E-state index in [4.69, 9.17) is 5.73 Å². The van der Waals surface area contributed by atoms with E-state index >= 15 is 0 Å². The number of hydrogen-bond acceptors (Lipinski definition) is 5. The van der Waals surface area contributed by atoms with Crippen molar-refractivity contribution in [2.45, 2.75) is 26.7 Å². The molecule has 0 spiro atoms. The summed E-state index contributed by atoms with van der Waals surface area (Å²) < 4.78 is 0. The Kier molecular flexibility index (Phi) is 4.82. The van der Waals surface area contributed by atoms with Gasteiger partial charge in [0, 0.05) is 19.7 Å². The van der Waals surface area contributed by atoms with E-state index in [0.717, 1.165) is 30.5 Å². The second-order valence-electron chi connectivity index (χ2n) is 4.21. The number of aromatic nitrogens is 2. The highest BCUT2D eigenvalue weighted by molar-refractivity contribution is 5.50. The second-order valence-corrected chi connectivity index (χ2v) is 4.21. The summed E-state index contributed by atoms with van der Waals surface area (Å²) in [5.41, 5.74) is 5.59. The Bertz CT molecular complexity index is 324. The van der Waals surface area contributed by atoms with E-state index in [1.807, 2.05) is 13.1 Å². The zero-order chi connectivity index (χ0) is 12.0. The molecule has 1 aromatic rings. The third-order valence-corrected chi connectivity index (χ3v) is 2.26. The van der Waals surface area contributed by atoms with Crippen LogP contribution in [0.3, 0.4) is 0 Å². The van der Waals surface area contributed by atoms with Gasteiger partial charge in [0.1, 0.15) is 11.6 Å². The average molecular weight is 223 g/mol. The molecule has 0 aliphatic carbocycles. The number of nitrogens with one attached hydrogen (secondary N) is 2. The van der Waals surface area contributed by atoms with Gasteiger partial charge in [-0.05, 0) is 18.8 Å². The van der Waals surface area contributed by atoms with E-state index in [1.165, 1.54) is 6.42 Å². The van der Waals surface area contributed by atoms with E-state index in [9.17, 15) is 0 Å². The highest BCUT2D eigenvalue weighted by Crippen LogP contribution is 2.12. The normalized spacial score (nSPS) is 10.5. The van der Waals surface area contributed by atoms with Gasteiger partial charge in [0.2, 0.25) is 5.95 Å². The Balaban J connectivity index is 2.44. The SMILES string of the molecule is CNc1cc(NCCCC(C)C)nc(N)n1. The summed E-state index contributed by atoms with van der Waals surface area (Å²) >= 11 is 0. The zero-order valence-electron chi connectivity index (χ0n) is 10.2. The van der Waals surface area contributed by atoms with Crippen molar-refractivity contribution in [2.24, 2.45) is 5.92 Å². The summed E-state index contributed by atoms with van der Waals surface area (Å²) in [6.45, 7) is 5.36. The summed E-state index contributed by atoms with van der Waals surface area (Å²) in [5, 5.41) is 6.19. The highest BCUT2D eigenvalue weighted by atomic mass is 15.1. The Hall–Kier alpha value is -1.52. The Morgan fingerprint density at radius 3 is 2.62 bits per heavy atom. The fourth-order valence-corrected chi connectivity index (χ4v) is 1.41. The van der Waals surface area contributed by atoms with E-state index in [2.05, 4.69) is 34.4 Å². The van der Waals surface area contributed by atoms with Gasteiger partial charge in [-0.3, -0.25) is 0 Å². The molecule has 0 saturated carbocycles. The maximum Gasteiger partial charge on any atom is 0.223 e. The molecule has 0 atom stereocenters. The second kappa shape index (κ2) is 6.15. The van der Waals surface area contributed by atoms with Crippen molar-refractivity contribution >= 4 is 17.6 Å². The average Bonchev–Trinajstić information content (AvgIpc) is 2.23. The molecule has 16 heavy (non-hydrogen) atoms. The van der Waals surface area contributed by atoms with Crippen LogP contribution in [0.1, 0.15) is 26.7 Å². The van der Waals surface area contributed by atoms with Gasteiger partial charge in [0.05, 0.1) is 0 Å². The number of hydrogen-bond donors (Lipinski definition) is 3. The van der Waals surface area contributed by atoms with Gasteiger partial charge in [0.15, 0.2) is 0 Å². The molecule has 1 heterocycles. The molecule has 0 amide bonds. The van der Waals surface area contributed by atoms with Crippen LogP contribution in [0.5, 0.6) is 0 Å². The van der Waals surface area contributed by atoms with Crippen LogP contribution < -0.4 is 16.4 Å². The van der Waals surface area contributed by atoms with Crippen molar-refractivity contribution in [3.05, 3.63) is 6.07 Å². The molecule has 0 fully saturated rings. The highest BCUT2D eigenvalue weighted by Gasteiger charge is 2.00. The number of anilines is 3. The molecule has 1 aromatic heterocycles. The Morgan fingerprint density at radius 2 is 2.00 bits per heavy atom. The van der Waals surface area contributed by atoms with E-state index in [-0.39, 0.29) is 0 Å². The quantitative estimate of drug-likeness (QED) is 0.643. The molecule has 0 saturated heterocycles. The van der Waals surface area contributed by atoms with Gasteiger partial charge < -0.3 is 16.4 Å². The summed E-state index contributed by atoms with van der Waals surface area (Å²) in [7, 11) is 1.81. The molecule has 0 bridgehead atoms. The molecule has 0 aliphatic heterocycles. The van der Waals surface area contributed by atoms with Crippen molar-refractivity contribution in [1.82, 2.24) is 9.97 Å². The first kappa shape index (κ1) is 12.5. The third-order valence-electron chi connectivity index (χ3n) is 2.26. The van der Waals surface area contributed by atoms with Crippen LogP contribution in [0.4, 0.5) is 17.6 Å². The summed E-state index contributed by atoms with van der Waals surface area (Å²) in [6.07, 6.45) is 2.35. The van der Waals surface area contributed by atoms with Gasteiger partial charge in [-0.1, -0.05) is 13.8 Å². The smallest absolute Gasteiger partial charge is 0.223 e. The van der Waals surface area contributed by atoms with Crippen molar-refractivity contribution in [3.63, 3.8) is 0 Å². The molecular weight excluding hydrogens is 202 g/mol. The van der Waals surface area contributed by atoms with Gasteiger partial charge in [-0.15, -0.1) is 0 Å². The molecule has 1 rings (SSSR count). The van der Waals surface area contributed by atoms with Crippen molar-refractivity contribution in [1.29, 1.82) is 0 Å². The van der Waals surface area contributed by atoms with Gasteiger partial charge in [-0.2, -0.15) is 9.97 Å². The van der Waals surface area contributed by atoms with Gasteiger partial charge in [-0.25, -0.2) is 0 Å². The molecule has 4 N–H and O–H groups in total. The van der Waals surface area contributed by atoms with Crippen LogP contribution in [-0.4, -0.2) is 23.6 Å². The van der Waals surface area contributed by atoms with E-state index in [0.29, 0.717) is 5.95 Å². The maximum atomic E-state index is 5.59. The van der Waals surface area contributed by atoms with Crippen molar-refractivity contribution in [3.8, 4) is 0 Å². The first-order valence-electron chi connectivity index (χ1n) is 5.68. The summed E-state index contributed by atoms with van der Waals surface area (Å²) in [6, 6.07) is 1.85. The van der Waals surface area contributed by atoms with Crippen LogP contribution in [0.2, 0.25) is 0 Å². The first-order valence-corrected chi connectivity index (χ1v) is 5.68. The van der Waals surface area contributed by atoms with Crippen LogP contribution in [0.25, 0.3) is 0 Å². The molecule has 0 aliphatic rings. The number of nitrogens with two attached hydrogens (primary N) is 1. The predicted molar refractivity (Wildman–Crippen MR) is 68.6 cm³/mol. The van der Waals surface area contributed by atoms with E-state index in [1.54, 1.807) is 0 Å². The minimum Gasteiger partial charge on any atom is -0.373 e. The predicted octanol–water partition coefficient (Wildman–Crippen LogP) is 1.95. The lowest BCUT2D eigenvalue weighted by atomic mass is 10.1. The topological polar surface area (TPSA) is 75.9 Å². The first-order chi connectivity index (χ1) is 7.61.